The van der Waals surface area contributed by atoms with E-state index in [2.05, 4.69) is 29.4 Å². The maximum Gasteiger partial charge on any atom is 0.264 e. The Hall–Kier alpha value is -1.69. The van der Waals surface area contributed by atoms with Gasteiger partial charge in [-0.2, -0.15) is 5.10 Å². The van der Waals surface area contributed by atoms with Gasteiger partial charge in [-0.15, -0.1) is 0 Å². The molecule has 0 saturated carbocycles. The van der Waals surface area contributed by atoms with Gasteiger partial charge in [-0.25, -0.2) is 5.10 Å². The van der Waals surface area contributed by atoms with Crippen LogP contribution in [0.4, 0.5) is 5.82 Å². The van der Waals surface area contributed by atoms with Crippen LogP contribution in [0.5, 0.6) is 0 Å². The van der Waals surface area contributed by atoms with Crippen molar-refractivity contribution < 1.29 is 4.79 Å². The maximum atomic E-state index is 11.8. The summed E-state index contributed by atoms with van der Waals surface area (Å²) in [5.41, 5.74) is 5.28. The van der Waals surface area contributed by atoms with E-state index in [4.69, 9.17) is 5.73 Å². The van der Waals surface area contributed by atoms with E-state index in [9.17, 15) is 9.59 Å². The Morgan fingerprint density at radius 3 is 2.68 bits per heavy atom. The monoisotopic (exact) mass is 266 g/mol. The first-order chi connectivity index (χ1) is 9.02. The van der Waals surface area contributed by atoms with Gasteiger partial charge in [0.05, 0.1) is 0 Å². The van der Waals surface area contributed by atoms with Crippen LogP contribution < -0.4 is 16.6 Å². The summed E-state index contributed by atoms with van der Waals surface area (Å²) >= 11 is 0. The van der Waals surface area contributed by atoms with E-state index < -0.39 is 0 Å². The first-order valence-electron chi connectivity index (χ1n) is 6.58. The number of carbonyl (C=O) groups excluding carboxylic acids is 1. The molecule has 0 aliphatic rings. The highest BCUT2D eigenvalue weighted by Crippen LogP contribution is 2.20. The highest BCUT2D eigenvalue weighted by atomic mass is 16.1. The molecular weight excluding hydrogens is 244 g/mol. The molecule has 1 heterocycles. The van der Waals surface area contributed by atoms with Crippen molar-refractivity contribution in [3.8, 4) is 0 Å². The number of nitrogens with zero attached hydrogens (tertiary/aromatic N) is 1. The van der Waals surface area contributed by atoms with Crippen molar-refractivity contribution in [2.24, 2.45) is 17.6 Å². The molecule has 1 unspecified atom stereocenters. The van der Waals surface area contributed by atoms with Crippen molar-refractivity contribution in [2.45, 2.75) is 33.1 Å². The Morgan fingerprint density at radius 2 is 2.16 bits per heavy atom. The molecule has 6 nitrogen and oxygen atoms in total. The molecule has 19 heavy (non-hydrogen) atoms. The summed E-state index contributed by atoms with van der Waals surface area (Å²) in [4.78, 5) is 22.6. The smallest absolute Gasteiger partial charge is 0.264 e. The van der Waals surface area contributed by atoms with E-state index in [-0.39, 0.29) is 11.5 Å². The molecule has 1 atom stereocenters. The van der Waals surface area contributed by atoms with Crippen molar-refractivity contribution >= 4 is 11.7 Å². The summed E-state index contributed by atoms with van der Waals surface area (Å²) in [6.07, 6.45) is 2.18. The van der Waals surface area contributed by atoms with Gasteiger partial charge >= 0.3 is 0 Å². The number of aromatic amines is 1. The molecule has 0 fully saturated rings. The number of hydrogen-bond donors (Lipinski definition) is 3. The number of amides is 1. The number of carbonyl (C=O) groups is 1. The fourth-order valence-corrected chi connectivity index (χ4v) is 1.96. The minimum atomic E-state index is -0.291. The van der Waals surface area contributed by atoms with Crippen LogP contribution in [0.25, 0.3) is 0 Å². The SMILES string of the molecule is CC(C)C(CCN)CCC(=O)Nc1ccc(=O)[nH]n1. The summed E-state index contributed by atoms with van der Waals surface area (Å²) in [5, 5.41) is 8.65. The number of aromatic nitrogens is 2. The molecular formula is C13H22N4O2. The molecule has 0 aromatic carbocycles. The lowest BCUT2D eigenvalue weighted by Gasteiger charge is -2.19. The largest absolute Gasteiger partial charge is 0.330 e. The van der Waals surface area contributed by atoms with Crippen LogP contribution in [0.15, 0.2) is 16.9 Å². The summed E-state index contributed by atoms with van der Waals surface area (Å²) in [6.45, 7) is 4.93. The number of nitrogens with two attached hydrogens (primary N) is 1. The Bertz CT molecular complexity index is 436. The van der Waals surface area contributed by atoms with Gasteiger partial charge in [0, 0.05) is 12.5 Å². The highest BCUT2D eigenvalue weighted by Gasteiger charge is 2.14. The second kappa shape index (κ2) is 7.68. The highest BCUT2D eigenvalue weighted by molar-refractivity contribution is 5.89. The molecule has 0 spiro atoms. The summed E-state index contributed by atoms with van der Waals surface area (Å²) < 4.78 is 0. The van der Waals surface area contributed by atoms with E-state index in [0.29, 0.717) is 30.6 Å². The molecule has 0 bridgehead atoms. The molecule has 6 heteroatoms. The average molecular weight is 266 g/mol. The quantitative estimate of drug-likeness (QED) is 0.688. The lowest BCUT2D eigenvalue weighted by molar-refractivity contribution is -0.116. The Kier molecular flexibility index (Phi) is 6.21. The third-order valence-electron chi connectivity index (χ3n) is 3.17. The van der Waals surface area contributed by atoms with Crippen LogP contribution in [0, 0.1) is 11.8 Å². The van der Waals surface area contributed by atoms with Crippen LogP contribution in [0.2, 0.25) is 0 Å². The average Bonchev–Trinajstić information content (AvgIpc) is 2.37. The van der Waals surface area contributed by atoms with Gasteiger partial charge in [-0.3, -0.25) is 9.59 Å². The zero-order valence-electron chi connectivity index (χ0n) is 11.5. The van der Waals surface area contributed by atoms with Crippen molar-refractivity contribution in [1.29, 1.82) is 0 Å². The maximum absolute atomic E-state index is 11.8. The minimum absolute atomic E-state index is 0.0952. The molecule has 1 amide bonds. The first-order valence-corrected chi connectivity index (χ1v) is 6.58. The van der Waals surface area contributed by atoms with Crippen LogP contribution in [0.1, 0.15) is 33.1 Å². The van der Waals surface area contributed by atoms with Gasteiger partial charge in [0.15, 0.2) is 5.82 Å². The summed E-state index contributed by atoms with van der Waals surface area (Å²) in [7, 11) is 0. The van der Waals surface area contributed by atoms with Crippen molar-refractivity contribution in [1.82, 2.24) is 10.2 Å². The first kappa shape index (κ1) is 15.4. The van der Waals surface area contributed by atoms with Gasteiger partial charge in [0.25, 0.3) is 5.56 Å². The molecule has 106 valence electrons. The lowest BCUT2D eigenvalue weighted by atomic mass is 9.88. The van der Waals surface area contributed by atoms with Gasteiger partial charge in [0.2, 0.25) is 5.91 Å². The number of nitrogens with one attached hydrogen (secondary N) is 2. The van der Waals surface area contributed by atoms with E-state index in [1.54, 1.807) is 0 Å². The molecule has 1 aromatic heterocycles. The topological polar surface area (TPSA) is 101 Å². The lowest BCUT2D eigenvalue weighted by Crippen LogP contribution is -2.19. The molecule has 1 rings (SSSR count). The second-order valence-electron chi connectivity index (χ2n) is 4.97. The van der Waals surface area contributed by atoms with E-state index >= 15 is 0 Å². The number of rotatable bonds is 7. The zero-order chi connectivity index (χ0) is 14.3. The third kappa shape index (κ3) is 5.65. The minimum Gasteiger partial charge on any atom is -0.330 e. The number of hydrogen-bond acceptors (Lipinski definition) is 4. The van der Waals surface area contributed by atoms with Crippen LogP contribution in [-0.2, 0) is 4.79 Å². The fourth-order valence-electron chi connectivity index (χ4n) is 1.96. The van der Waals surface area contributed by atoms with Gasteiger partial charge in [0.1, 0.15) is 0 Å². The van der Waals surface area contributed by atoms with Crippen molar-refractivity contribution in [3.05, 3.63) is 22.5 Å². The molecule has 1 aromatic rings. The van der Waals surface area contributed by atoms with Crippen LogP contribution in [-0.4, -0.2) is 22.6 Å². The number of anilines is 1. The predicted octanol–water partition coefficient (Wildman–Crippen LogP) is 1.11. The molecule has 0 aliphatic carbocycles. The number of H-pyrrole nitrogens is 1. The van der Waals surface area contributed by atoms with Crippen molar-refractivity contribution in [3.63, 3.8) is 0 Å². The summed E-state index contributed by atoms with van der Waals surface area (Å²) in [6, 6.07) is 2.81. The van der Waals surface area contributed by atoms with Gasteiger partial charge in [-0.1, -0.05) is 13.8 Å². The zero-order valence-corrected chi connectivity index (χ0v) is 11.5. The summed E-state index contributed by atoms with van der Waals surface area (Å²) in [5.74, 6) is 1.24. The molecule has 4 N–H and O–H groups in total. The second-order valence-corrected chi connectivity index (χ2v) is 4.97. The van der Waals surface area contributed by atoms with E-state index in [1.165, 1.54) is 12.1 Å². The Morgan fingerprint density at radius 1 is 1.42 bits per heavy atom. The molecule has 0 saturated heterocycles. The van der Waals surface area contributed by atoms with Gasteiger partial charge in [-0.05, 0) is 37.3 Å². The standard InChI is InChI=1S/C13H22N4O2/c1-9(2)10(7-8-14)3-5-12(18)15-11-4-6-13(19)17-16-11/h4,6,9-10H,3,5,7-8,14H2,1-2H3,(H,17,19)(H,15,16,18). The van der Waals surface area contributed by atoms with Crippen LogP contribution >= 0.6 is 0 Å². The predicted molar refractivity (Wildman–Crippen MR) is 74.7 cm³/mol. The third-order valence-corrected chi connectivity index (χ3v) is 3.17. The molecule has 0 aliphatic heterocycles. The van der Waals surface area contributed by atoms with Crippen molar-refractivity contribution in [2.75, 3.05) is 11.9 Å². The molecule has 0 radical (unpaired) electrons. The fraction of sp³-hybridized carbons (Fsp3) is 0.615. The van der Waals surface area contributed by atoms with E-state index in [0.717, 1.165) is 12.8 Å². The van der Waals surface area contributed by atoms with E-state index in [1.807, 2.05) is 0 Å². The van der Waals surface area contributed by atoms with Crippen LogP contribution in [0.3, 0.4) is 0 Å². The Labute approximate surface area is 112 Å². The normalized spacial score (nSPS) is 12.4. The van der Waals surface area contributed by atoms with Gasteiger partial charge < -0.3 is 11.1 Å². The Balaban J connectivity index is 2.42.